The fraction of sp³-hybridized carbons (Fsp3) is 0.111. The molecule has 2 aromatic carbocycles. The number of nitrogens with one attached hydrogen (secondary N) is 2. The van der Waals surface area contributed by atoms with Crippen molar-refractivity contribution in [1.29, 1.82) is 0 Å². The Hall–Kier alpha value is -2.88. The molecule has 4 heteroatoms. The van der Waals surface area contributed by atoms with Crippen molar-refractivity contribution >= 4 is 23.6 Å². The Morgan fingerprint density at radius 3 is 2.32 bits per heavy atom. The fourth-order valence-electron chi connectivity index (χ4n) is 1.90. The highest BCUT2D eigenvalue weighted by molar-refractivity contribution is 5.92. The van der Waals surface area contributed by atoms with E-state index in [-0.39, 0.29) is 11.8 Å². The summed E-state index contributed by atoms with van der Waals surface area (Å²) in [4.78, 5) is 22.7. The summed E-state index contributed by atoms with van der Waals surface area (Å²) in [6.07, 6.45) is 3.23. The van der Waals surface area contributed by atoms with Gasteiger partial charge in [0.2, 0.25) is 11.8 Å². The van der Waals surface area contributed by atoms with Crippen LogP contribution >= 0.6 is 0 Å². The monoisotopic (exact) mass is 294 g/mol. The number of anilines is 1. The molecule has 0 heterocycles. The van der Waals surface area contributed by atoms with E-state index >= 15 is 0 Å². The molecule has 0 fully saturated rings. The van der Waals surface area contributed by atoms with Gasteiger partial charge in [0.15, 0.2) is 0 Å². The zero-order valence-corrected chi connectivity index (χ0v) is 12.4. The summed E-state index contributed by atoms with van der Waals surface area (Å²) in [7, 11) is 0. The lowest BCUT2D eigenvalue weighted by Gasteiger charge is -2.03. The highest BCUT2D eigenvalue weighted by Crippen LogP contribution is 2.10. The van der Waals surface area contributed by atoms with Crippen molar-refractivity contribution in [1.82, 2.24) is 5.32 Å². The molecule has 0 saturated carbocycles. The molecule has 112 valence electrons. The first-order chi connectivity index (χ1) is 10.6. The zero-order chi connectivity index (χ0) is 15.8. The first-order valence-corrected chi connectivity index (χ1v) is 7.01. The van der Waals surface area contributed by atoms with Crippen molar-refractivity contribution in [2.24, 2.45) is 0 Å². The second-order valence-corrected chi connectivity index (χ2v) is 4.84. The van der Waals surface area contributed by atoms with Crippen LogP contribution in [0.2, 0.25) is 0 Å². The standard InChI is InChI=1S/C18H18N2O2/c1-14(21)20-17-10-7-15(8-11-17)9-12-18(22)19-13-16-5-3-2-4-6-16/h2-12H,13H2,1H3,(H,19,22)(H,20,21)/b12-9+. The third-order valence-corrected chi connectivity index (χ3v) is 2.97. The molecule has 0 aliphatic rings. The Morgan fingerprint density at radius 2 is 1.68 bits per heavy atom. The van der Waals surface area contributed by atoms with Gasteiger partial charge < -0.3 is 10.6 Å². The minimum atomic E-state index is -0.144. The quantitative estimate of drug-likeness (QED) is 0.833. The van der Waals surface area contributed by atoms with E-state index in [1.165, 1.54) is 13.0 Å². The maximum Gasteiger partial charge on any atom is 0.244 e. The summed E-state index contributed by atoms with van der Waals surface area (Å²) in [5.41, 5.74) is 2.69. The molecule has 0 bridgehead atoms. The maximum absolute atomic E-state index is 11.7. The van der Waals surface area contributed by atoms with Crippen LogP contribution in [0, 0.1) is 0 Å². The summed E-state index contributed by atoms with van der Waals surface area (Å²) < 4.78 is 0. The first-order valence-electron chi connectivity index (χ1n) is 7.01. The fourth-order valence-corrected chi connectivity index (χ4v) is 1.90. The molecule has 0 spiro atoms. The summed E-state index contributed by atoms with van der Waals surface area (Å²) in [6.45, 7) is 1.97. The largest absolute Gasteiger partial charge is 0.348 e. The Bertz CT molecular complexity index is 661. The molecule has 22 heavy (non-hydrogen) atoms. The van der Waals surface area contributed by atoms with E-state index < -0.39 is 0 Å². The maximum atomic E-state index is 11.7. The molecule has 0 unspecified atom stereocenters. The smallest absolute Gasteiger partial charge is 0.244 e. The molecule has 4 nitrogen and oxygen atoms in total. The van der Waals surface area contributed by atoms with Crippen molar-refractivity contribution in [2.45, 2.75) is 13.5 Å². The second kappa shape index (κ2) is 7.78. The lowest BCUT2D eigenvalue weighted by molar-refractivity contribution is -0.116. The molecule has 2 amide bonds. The molecular weight excluding hydrogens is 276 g/mol. The third kappa shape index (κ3) is 5.25. The van der Waals surface area contributed by atoms with Gasteiger partial charge in [0.1, 0.15) is 0 Å². The van der Waals surface area contributed by atoms with Crippen LogP contribution in [0.4, 0.5) is 5.69 Å². The van der Waals surface area contributed by atoms with Crippen molar-refractivity contribution in [3.05, 3.63) is 71.8 Å². The van der Waals surface area contributed by atoms with Crippen molar-refractivity contribution in [2.75, 3.05) is 5.32 Å². The van der Waals surface area contributed by atoms with Gasteiger partial charge in [-0.2, -0.15) is 0 Å². The van der Waals surface area contributed by atoms with Crippen molar-refractivity contribution in [3.8, 4) is 0 Å². The molecule has 0 aromatic heterocycles. The predicted molar refractivity (Wildman–Crippen MR) is 88.1 cm³/mol. The SMILES string of the molecule is CC(=O)Nc1ccc(/C=C/C(=O)NCc2ccccc2)cc1. The minimum absolute atomic E-state index is 0.108. The summed E-state index contributed by atoms with van der Waals surface area (Å²) in [6, 6.07) is 17.0. The number of hydrogen-bond donors (Lipinski definition) is 2. The van der Waals surface area contributed by atoms with Crippen LogP contribution in [0.25, 0.3) is 6.08 Å². The van der Waals surface area contributed by atoms with Gasteiger partial charge in [0.25, 0.3) is 0 Å². The first kappa shape index (κ1) is 15.5. The summed E-state index contributed by atoms with van der Waals surface area (Å²) in [5, 5.41) is 5.52. The molecule has 0 atom stereocenters. The molecule has 0 aliphatic heterocycles. The molecule has 2 rings (SSSR count). The van der Waals surface area contributed by atoms with Crippen LogP contribution in [-0.4, -0.2) is 11.8 Å². The van der Waals surface area contributed by atoms with Crippen LogP contribution in [0.5, 0.6) is 0 Å². The Labute approximate surface area is 129 Å². The van der Waals surface area contributed by atoms with Crippen LogP contribution < -0.4 is 10.6 Å². The average molecular weight is 294 g/mol. The summed E-state index contributed by atoms with van der Waals surface area (Å²) in [5.74, 6) is -0.252. The number of benzene rings is 2. The molecule has 2 aromatic rings. The number of rotatable bonds is 5. The molecule has 0 saturated heterocycles. The van der Waals surface area contributed by atoms with Crippen molar-refractivity contribution in [3.63, 3.8) is 0 Å². The highest BCUT2D eigenvalue weighted by atomic mass is 16.2. The predicted octanol–water partition coefficient (Wildman–Crippen LogP) is 2.97. The van der Waals surface area contributed by atoms with Gasteiger partial charge in [-0.3, -0.25) is 9.59 Å². The number of carbonyl (C=O) groups excluding carboxylic acids is 2. The van der Waals surface area contributed by atoms with E-state index in [0.717, 1.165) is 16.8 Å². The van der Waals surface area contributed by atoms with Crippen LogP contribution in [0.1, 0.15) is 18.1 Å². The van der Waals surface area contributed by atoms with E-state index in [0.29, 0.717) is 6.54 Å². The van der Waals surface area contributed by atoms with Crippen LogP contribution in [0.3, 0.4) is 0 Å². The van der Waals surface area contributed by atoms with E-state index in [9.17, 15) is 9.59 Å². The minimum Gasteiger partial charge on any atom is -0.348 e. The Morgan fingerprint density at radius 1 is 1.00 bits per heavy atom. The van der Waals surface area contributed by atoms with Gasteiger partial charge in [-0.25, -0.2) is 0 Å². The average Bonchev–Trinajstić information content (AvgIpc) is 2.53. The molecule has 0 radical (unpaired) electrons. The normalized spacial score (nSPS) is 10.4. The Balaban J connectivity index is 1.85. The van der Waals surface area contributed by atoms with Crippen LogP contribution in [0.15, 0.2) is 60.7 Å². The van der Waals surface area contributed by atoms with Gasteiger partial charge in [-0.15, -0.1) is 0 Å². The molecule has 2 N–H and O–H groups in total. The van der Waals surface area contributed by atoms with E-state index in [2.05, 4.69) is 10.6 Å². The molecule has 0 aliphatic carbocycles. The van der Waals surface area contributed by atoms with E-state index in [4.69, 9.17) is 0 Å². The van der Waals surface area contributed by atoms with Gasteiger partial charge in [0, 0.05) is 25.2 Å². The van der Waals surface area contributed by atoms with Gasteiger partial charge in [-0.05, 0) is 29.3 Å². The summed E-state index contributed by atoms with van der Waals surface area (Å²) >= 11 is 0. The topological polar surface area (TPSA) is 58.2 Å². The third-order valence-electron chi connectivity index (χ3n) is 2.97. The number of carbonyl (C=O) groups is 2. The van der Waals surface area contributed by atoms with E-state index in [1.54, 1.807) is 18.2 Å². The lowest BCUT2D eigenvalue weighted by atomic mass is 10.2. The van der Waals surface area contributed by atoms with Gasteiger partial charge >= 0.3 is 0 Å². The number of hydrogen-bond acceptors (Lipinski definition) is 2. The lowest BCUT2D eigenvalue weighted by Crippen LogP contribution is -2.20. The van der Waals surface area contributed by atoms with E-state index in [1.807, 2.05) is 42.5 Å². The Kier molecular flexibility index (Phi) is 5.49. The molecular formula is C18H18N2O2. The zero-order valence-electron chi connectivity index (χ0n) is 12.4. The van der Waals surface area contributed by atoms with Crippen molar-refractivity contribution < 1.29 is 9.59 Å². The highest BCUT2D eigenvalue weighted by Gasteiger charge is 1.97. The second-order valence-electron chi connectivity index (χ2n) is 4.84. The van der Waals surface area contributed by atoms with Crippen LogP contribution in [-0.2, 0) is 16.1 Å². The number of amides is 2. The van der Waals surface area contributed by atoms with Gasteiger partial charge in [0.05, 0.1) is 0 Å². The van der Waals surface area contributed by atoms with Gasteiger partial charge in [-0.1, -0.05) is 42.5 Å².